The fourth-order valence-electron chi connectivity index (χ4n) is 1.20. The molecular formula is C10H7ClN2O4S. The zero-order chi connectivity index (χ0) is 13.1. The van der Waals surface area contributed by atoms with Gasteiger partial charge in [0.2, 0.25) is 0 Å². The van der Waals surface area contributed by atoms with Crippen molar-refractivity contribution in [2.75, 3.05) is 7.11 Å². The normalized spacial score (nSPS) is 10.3. The minimum atomic E-state index is -0.506. The molecule has 0 N–H and O–H groups in total. The molecule has 0 spiro atoms. The van der Waals surface area contributed by atoms with E-state index in [4.69, 9.17) is 20.8 Å². The summed E-state index contributed by atoms with van der Waals surface area (Å²) in [5.74, 6) is 0.245. The molecule has 18 heavy (non-hydrogen) atoms. The number of oxazole rings is 1. The summed E-state index contributed by atoms with van der Waals surface area (Å²) in [6.45, 7) is 0. The van der Waals surface area contributed by atoms with Crippen molar-refractivity contribution >= 4 is 29.1 Å². The molecule has 0 aliphatic heterocycles. The number of hydrogen-bond donors (Lipinski definition) is 0. The van der Waals surface area contributed by atoms with E-state index >= 15 is 0 Å². The second-order valence-corrected chi connectivity index (χ2v) is 4.55. The number of aromatic nitrogens is 1. The highest BCUT2D eigenvalue weighted by Crippen LogP contribution is 2.36. The Morgan fingerprint density at radius 3 is 2.94 bits per heavy atom. The van der Waals surface area contributed by atoms with Crippen LogP contribution in [0.1, 0.15) is 0 Å². The Kier molecular flexibility index (Phi) is 3.73. The second kappa shape index (κ2) is 5.28. The molecule has 0 radical (unpaired) electrons. The highest BCUT2D eigenvalue weighted by Gasteiger charge is 2.17. The Bertz CT molecular complexity index is 587. The van der Waals surface area contributed by atoms with E-state index in [1.165, 1.54) is 19.4 Å². The van der Waals surface area contributed by atoms with Crippen molar-refractivity contribution in [3.05, 3.63) is 39.5 Å². The first-order valence-corrected chi connectivity index (χ1v) is 5.91. The van der Waals surface area contributed by atoms with Crippen LogP contribution in [-0.2, 0) is 0 Å². The van der Waals surface area contributed by atoms with Crippen LogP contribution in [0.25, 0.3) is 0 Å². The molecule has 1 aromatic carbocycles. The van der Waals surface area contributed by atoms with E-state index in [1.807, 2.05) is 0 Å². The zero-order valence-corrected chi connectivity index (χ0v) is 10.7. The van der Waals surface area contributed by atoms with Crippen LogP contribution in [0.5, 0.6) is 5.95 Å². The predicted molar refractivity (Wildman–Crippen MR) is 65.3 cm³/mol. The van der Waals surface area contributed by atoms with E-state index in [9.17, 15) is 10.1 Å². The maximum atomic E-state index is 10.9. The van der Waals surface area contributed by atoms with Crippen molar-refractivity contribution in [3.63, 3.8) is 0 Å². The van der Waals surface area contributed by atoms with Crippen molar-refractivity contribution in [3.8, 4) is 5.95 Å². The van der Waals surface area contributed by atoms with Gasteiger partial charge in [0, 0.05) is 11.1 Å². The van der Waals surface area contributed by atoms with Gasteiger partial charge in [0.15, 0.2) is 0 Å². The van der Waals surface area contributed by atoms with Crippen LogP contribution < -0.4 is 4.74 Å². The fourth-order valence-corrected chi connectivity index (χ4v) is 2.16. The van der Waals surface area contributed by atoms with Gasteiger partial charge in [-0.3, -0.25) is 10.1 Å². The maximum Gasteiger partial charge on any atom is 0.305 e. The Hall–Kier alpha value is -1.73. The van der Waals surface area contributed by atoms with Crippen molar-refractivity contribution in [2.45, 2.75) is 10.1 Å². The van der Waals surface area contributed by atoms with E-state index in [1.54, 1.807) is 12.1 Å². The topological polar surface area (TPSA) is 78.4 Å². The van der Waals surface area contributed by atoms with Crippen LogP contribution in [0.4, 0.5) is 5.69 Å². The van der Waals surface area contributed by atoms with E-state index < -0.39 is 4.92 Å². The molecule has 0 amide bonds. The average molecular weight is 287 g/mol. The lowest BCUT2D eigenvalue weighted by molar-refractivity contribution is -0.387. The first kappa shape index (κ1) is 12.7. The Morgan fingerprint density at radius 2 is 2.33 bits per heavy atom. The summed E-state index contributed by atoms with van der Waals surface area (Å²) >= 11 is 6.75. The average Bonchev–Trinajstić information content (AvgIpc) is 2.79. The molecule has 6 nitrogen and oxygen atoms in total. The van der Waals surface area contributed by atoms with Crippen molar-refractivity contribution in [1.82, 2.24) is 4.98 Å². The first-order valence-electron chi connectivity index (χ1n) is 4.72. The molecule has 1 aromatic heterocycles. The summed E-state index contributed by atoms with van der Waals surface area (Å²) < 4.78 is 10.0. The summed E-state index contributed by atoms with van der Waals surface area (Å²) in [7, 11) is 1.44. The molecule has 0 saturated carbocycles. The zero-order valence-electron chi connectivity index (χ0n) is 9.12. The third-order valence-corrected chi connectivity index (χ3v) is 3.14. The van der Waals surface area contributed by atoms with Gasteiger partial charge in [0.1, 0.15) is 6.20 Å². The third-order valence-electron chi connectivity index (χ3n) is 1.98. The predicted octanol–water partition coefficient (Wildman–Crippen LogP) is 3.40. The molecule has 0 aliphatic carbocycles. The van der Waals surface area contributed by atoms with Gasteiger partial charge in [0.05, 0.1) is 16.9 Å². The largest absolute Gasteiger partial charge is 0.467 e. The molecule has 1 heterocycles. The molecule has 0 unspecified atom stereocenters. The Balaban J connectivity index is 2.30. The van der Waals surface area contributed by atoms with Gasteiger partial charge < -0.3 is 9.15 Å². The molecule has 0 aliphatic rings. The molecule has 0 atom stereocenters. The van der Waals surface area contributed by atoms with Crippen LogP contribution in [0, 0.1) is 10.1 Å². The number of methoxy groups -OCH3 is 1. The van der Waals surface area contributed by atoms with Crippen LogP contribution in [0.15, 0.2) is 38.9 Å². The lowest BCUT2D eigenvalue weighted by Gasteiger charge is -2.00. The van der Waals surface area contributed by atoms with Gasteiger partial charge in [0.25, 0.3) is 10.9 Å². The van der Waals surface area contributed by atoms with Crippen molar-refractivity contribution < 1.29 is 14.1 Å². The number of nitro benzene ring substituents is 1. The van der Waals surface area contributed by atoms with E-state index in [0.717, 1.165) is 11.8 Å². The number of ether oxygens (including phenoxy) is 1. The molecule has 8 heteroatoms. The minimum absolute atomic E-state index is 0.0929. The number of hydrogen-bond acceptors (Lipinski definition) is 6. The highest BCUT2D eigenvalue weighted by molar-refractivity contribution is 7.99. The quantitative estimate of drug-likeness (QED) is 0.633. The van der Waals surface area contributed by atoms with E-state index in [0.29, 0.717) is 9.92 Å². The van der Waals surface area contributed by atoms with Crippen LogP contribution in [0.3, 0.4) is 0 Å². The van der Waals surface area contributed by atoms with Gasteiger partial charge in [-0.25, -0.2) is 4.98 Å². The van der Waals surface area contributed by atoms with Gasteiger partial charge >= 0.3 is 5.95 Å². The number of rotatable bonds is 4. The van der Waals surface area contributed by atoms with Crippen LogP contribution in [0.2, 0.25) is 5.02 Å². The van der Waals surface area contributed by atoms with Gasteiger partial charge in [-0.15, -0.1) is 0 Å². The Labute approximate surface area is 111 Å². The standard InChI is InChI=1S/C10H7ClN2O4S/c1-16-9-5-12-10(17-9)18-8-3-2-6(11)4-7(8)13(14)15/h2-5H,1H3. The summed E-state index contributed by atoms with van der Waals surface area (Å²) in [4.78, 5) is 14.7. The monoisotopic (exact) mass is 286 g/mol. The smallest absolute Gasteiger partial charge is 0.305 e. The molecule has 0 saturated heterocycles. The van der Waals surface area contributed by atoms with E-state index in [2.05, 4.69) is 4.98 Å². The molecule has 0 bridgehead atoms. The second-order valence-electron chi connectivity index (χ2n) is 3.12. The highest BCUT2D eigenvalue weighted by atomic mass is 35.5. The Morgan fingerprint density at radius 1 is 1.56 bits per heavy atom. The first-order chi connectivity index (χ1) is 8.60. The van der Waals surface area contributed by atoms with Crippen molar-refractivity contribution in [1.29, 1.82) is 0 Å². The maximum absolute atomic E-state index is 10.9. The molecular weight excluding hydrogens is 280 g/mol. The summed E-state index contributed by atoms with van der Waals surface area (Å²) in [5, 5.41) is 11.4. The number of benzene rings is 1. The lowest BCUT2D eigenvalue weighted by Crippen LogP contribution is -1.90. The molecule has 94 valence electrons. The molecule has 2 aromatic rings. The third kappa shape index (κ3) is 2.74. The van der Waals surface area contributed by atoms with Gasteiger partial charge in [-0.05, 0) is 23.9 Å². The van der Waals surface area contributed by atoms with E-state index in [-0.39, 0.29) is 16.9 Å². The minimum Gasteiger partial charge on any atom is -0.467 e. The fraction of sp³-hybridized carbons (Fsp3) is 0.100. The molecule has 0 fully saturated rings. The molecule has 2 rings (SSSR count). The summed E-state index contributed by atoms with van der Waals surface area (Å²) in [6, 6.07) is 4.39. The van der Waals surface area contributed by atoms with Crippen LogP contribution >= 0.6 is 23.4 Å². The van der Waals surface area contributed by atoms with Crippen LogP contribution in [-0.4, -0.2) is 17.0 Å². The number of nitrogens with zero attached hydrogens (tertiary/aromatic N) is 2. The van der Waals surface area contributed by atoms with Gasteiger partial charge in [-0.2, -0.15) is 0 Å². The van der Waals surface area contributed by atoms with Crippen molar-refractivity contribution in [2.24, 2.45) is 0 Å². The summed E-state index contributed by atoms with van der Waals surface area (Å²) in [5.41, 5.74) is -0.0929. The number of nitro groups is 1. The number of halogens is 1. The summed E-state index contributed by atoms with van der Waals surface area (Å²) in [6.07, 6.45) is 1.39. The SMILES string of the molecule is COc1cnc(Sc2ccc(Cl)cc2[N+](=O)[O-])o1. The van der Waals surface area contributed by atoms with Gasteiger partial charge in [-0.1, -0.05) is 11.6 Å². The lowest BCUT2D eigenvalue weighted by atomic mass is 10.3.